The van der Waals surface area contributed by atoms with Crippen LogP contribution in [0.2, 0.25) is 0 Å². The van der Waals surface area contributed by atoms with E-state index in [0.29, 0.717) is 11.8 Å². The summed E-state index contributed by atoms with van der Waals surface area (Å²) in [6, 6.07) is 21.8. The highest BCUT2D eigenvalue weighted by molar-refractivity contribution is 5.32. The Morgan fingerprint density at radius 2 is 1.21 bits per heavy atom. The third kappa shape index (κ3) is 2.89. The van der Waals surface area contributed by atoms with Gasteiger partial charge in [-0.2, -0.15) is 0 Å². The second kappa shape index (κ2) is 5.61. The molecule has 1 atom stereocenters. The highest BCUT2D eigenvalue weighted by atomic mass is 14.4. The van der Waals surface area contributed by atoms with Crippen molar-refractivity contribution in [2.75, 3.05) is 0 Å². The van der Waals surface area contributed by atoms with Crippen molar-refractivity contribution < 1.29 is 0 Å². The van der Waals surface area contributed by atoms with Crippen molar-refractivity contribution in [3.8, 4) is 0 Å². The summed E-state index contributed by atoms with van der Waals surface area (Å²) in [6.07, 6.45) is 0. The molecule has 0 amide bonds. The Hall–Kier alpha value is -1.56. The average Bonchev–Trinajstić information content (AvgIpc) is 2.40. The first-order valence-electron chi connectivity index (χ1n) is 7.14. The minimum Gasteiger partial charge on any atom is -0.0622 e. The highest BCUT2D eigenvalue weighted by Crippen LogP contribution is 2.43. The Labute approximate surface area is 117 Å². The summed E-state index contributed by atoms with van der Waals surface area (Å²) in [4.78, 5) is 0. The molecule has 0 fully saturated rings. The number of hydrogen-bond donors (Lipinski definition) is 0. The monoisotopic (exact) mass is 252 g/mol. The summed E-state index contributed by atoms with van der Waals surface area (Å²) in [6.45, 7) is 9.37. The van der Waals surface area contributed by atoms with Crippen LogP contribution in [0.3, 0.4) is 0 Å². The van der Waals surface area contributed by atoms with E-state index in [0.717, 1.165) is 0 Å². The van der Waals surface area contributed by atoms with Gasteiger partial charge < -0.3 is 0 Å². The van der Waals surface area contributed by atoms with Gasteiger partial charge in [-0.25, -0.2) is 0 Å². The van der Waals surface area contributed by atoms with E-state index in [2.05, 4.69) is 88.4 Å². The summed E-state index contributed by atoms with van der Waals surface area (Å²) >= 11 is 0. The van der Waals surface area contributed by atoms with Gasteiger partial charge in [0, 0.05) is 0 Å². The molecule has 0 aliphatic carbocycles. The molecule has 0 radical (unpaired) electrons. The molecule has 2 rings (SSSR count). The Bertz CT molecular complexity index is 494. The summed E-state index contributed by atoms with van der Waals surface area (Å²) < 4.78 is 0. The fourth-order valence-corrected chi connectivity index (χ4v) is 3.34. The SMILES string of the molecule is CC(C)C(c1ccccc1)C(C)(C)c1ccccc1. The van der Waals surface area contributed by atoms with E-state index >= 15 is 0 Å². The summed E-state index contributed by atoms with van der Waals surface area (Å²) in [7, 11) is 0. The van der Waals surface area contributed by atoms with Crippen molar-refractivity contribution in [2.24, 2.45) is 5.92 Å². The Morgan fingerprint density at radius 1 is 0.737 bits per heavy atom. The molecule has 0 spiro atoms. The van der Waals surface area contributed by atoms with Gasteiger partial charge in [0.25, 0.3) is 0 Å². The van der Waals surface area contributed by atoms with Crippen LogP contribution in [0.5, 0.6) is 0 Å². The van der Waals surface area contributed by atoms with Gasteiger partial charge in [0.05, 0.1) is 0 Å². The van der Waals surface area contributed by atoms with Crippen molar-refractivity contribution in [1.29, 1.82) is 0 Å². The van der Waals surface area contributed by atoms with Crippen LogP contribution in [-0.4, -0.2) is 0 Å². The minimum atomic E-state index is 0.136. The molecule has 0 aliphatic heterocycles. The predicted octanol–water partition coefficient (Wildman–Crippen LogP) is 5.40. The normalized spacial score (nSPS) is 13.5. The van der Waals surface area contributed by atoms with Crippen LogP contribution in [0.1, 0.15) is 44.7 Å². The molecule has 0 saturated carbocycles. The third-order valence-electron chi connectivity index (χ3n) is 4.12. The Balaban J connectivity index is 2.45. The molecule has 0 N–H and O–H groups in total. The molecule has 0 bridgehead atoms. The quantitative estimate of drug-likeness (QED) is 0.683. The minimum absolute atomic E-state index is 0.136. The van der Waals surface area contributed by atoms with Crippen LogP contribution >= 0.6 is 0 Å². The molecule has 0 aromatic heterocycles. The van der Waals surface area contributed by atoms with Gasteiger partial charge in [-0.15, -0.1) is 0 Å². The molecular formula is C19H24. The first kappa shape index (κ1) is 13.9. The molecule has 0 aliphatic rings. The smallest absolute Gasteiger partial charge is 0.00325 e. The van der Waals surface area contributed by atoms with Gasteiger partial charge in [-0.05, 0) is 28.4 Å². The second-order valence-corrected chi connectivity index (χ2v) is 6.22. The first-order chi connectivity index (χ1) is 9.03. The number of hydrogen-bond acceptors (Lipinski definition) is 0. The maximum Gasteiger partial charge on any atom is -0.00325 e. The highest BCUT2D eigenvalue weighted by Gasteiger charge is 2.34. The summed E-state index contributed by atoms with van der Waals surface area (Å²) in [5.74, 6) is 1.13. The number of benzene rings is 2. The summed E-state index contributed by atoms with van der Waals surface area (Å²) in [5.41, 5.74) is 2.99. The van der Waals surface area contributed by atoms with Crippen LogP contribution in [-0.2, 0) is 5.41 Å². The lowest BCUT2D eigenvalue weighted by Crippen LogP contribution is -2.30. The molecule has 0 heteroatoms. The van der Waals surface area contributed by atoms with Crippen LogP contribution in [0.4, 0.5) is 0 Å². The van der Waals surface area contributed by atoms with E-state index in [9.17, 15) is 0 Å². The second-order valence-electron chi connectivity index (χ2n) is 6.22. The van der Waals surface area contributed by atoms with Gasteiger partial charge in [0.2, 0.25) is 0 Å². The van der Waals surface area contributed by atoms with Crippen LogP contribution in [0, 0.1) is 5.92 Å². The molecule has 2 aromatic rings. The standard InChI is InChI=1S/C19H24/c1-15(2)18(16-11-7-5-8-12-16)19(3,4)17-13-9-6-10-14-17/h5-15,18H,1-4H3. The van der Waals surface area contributed by atoms with Crippen molar-refractivity contribution in [2.45, 2.75) is 39.0 Å². The molecule has 0 saturated heterocycles. The fraction of sp³-hybridized carbons (Fsp3) is 0.368. The zero-order valence-electron chi connectivity index (χ0n) is 12.4. The Morgan fingerprint density at radius 3 is 1.68 bits per heavy atom. The van der Waals surface area contributed by atoms with Crippen LogP contribution in [0.25, 0.3) is 0 Å². The van der Waals surface area contributed by atoms with E-state index in [1.807, 2.05) is 0 Å². The topological polar surface area (TPSA) is 0 Å². The lowest BCUT2D eigenvalue weighted by Gasteiger charge is -2.38. The third-order valence-corrected chi connectivity index (χ3v) is 4.12. The summed E-state index contributed by atoms with van der Waals surface area (Å²) in [5, 5.41) is 0. The van der Waals surface area contributed by atoms with Gasteiger partial charge in [-0.1, -0.05) is 88.4 Å². The molecule has 0 heterocycles. The first-order valence-corrected chi connectivity index (χ1v) is 7.14. The van der Waals surface area contributed by atoms with E-state index < -0.39 is 0 Å². The number of rotatable bonds is 4. The van der Waals surface area contributed by atoms with E-state index in [-0.39, 0.29) is 5.41 Å². The maximum atomic E-state index is 2.36. The average molecular weight is 252 g/mol. The van der Waals surface area contributed by atoms with Gasteiger partial charge in [-0.3, -0.25) is 0 Å². The van der Waals surface area contributed by atoms with Gasteiger partial charge in [0.1, 0.15) is 0 Å². The van der Waals surface area contributed by atoms with Crippen molar-refractivity contribution >= 4 is 0 Å². The molecule has 0 nitrogen and oxygen atoms in total. The zero-order chi connectivity index (χ0) is 13.9. The van der Waals surface area contributed by atoms with Gasteiger partial charge in [0.15, 0.2) is 0 Å². The van der Waals surface area contributed by atoms with E-state index in [1.165, 1.54) is 11.1 Å². The van der Waals surface area contributed by atoms with Crippen molar-refractivity contribution in [3.63, 3.8) is 0 Å². The molecule has 2 aromatic carbocycles. The Kier molecular flexibility index (Phi) is 4.09. The molecular weight excluding hydrogens is 228 g/mol. The zero-order valence-corrected chi connectivity index (χ0v) is 12.4. The van der Waals surface area contributed by atoms with Crippen molar-refractivity contribution in [1.82, 2.24) is 0 Å². The van der Waals surface area contributed by atoms with Gasteiger partial charge >= 0.3 is 0 Å². The lowest BCUT2D eigenvalue weighted by molar-refractivity contribution is 0.328. The fourth-order valence-electron chi connectivity index (χ4n) is 3.34. The van der Waals surface area contributed by atoms with Crippen molar-refractivity contribution in [3.05, 3.63) is 71.8 Å². The van der Waals surface area contributed by atoms with E-state index in [1.54, 1.807) is 0 Å². The molecule has 19 heavy (non-hydrogen) atoms. The van der Waals surface area contributed by atoms with E-state index in [4.69, 9.17) is 0 Å². The van der Waals surface area contributed by atoms with Crippen LogP contribution in [0.15, 0.2) is 60.7 Å². The molecule has 100 valence electrons. The largest absolute Gasteiger partial charge is 0.0622 e. The molecule has 1 unspecified atom stereocenters. The predicted molar refractivity (Wildman–Crippen MR) is 83.5 cm³/mol. The van der Waals surface area contributed by atoms with Crippen LogP contribution < -0.4 is 0 Å². The lowest BCUT2D eigenvalue weighted by atomic mass is 9.66. The maximum absolute atomic E-state index is 2.36.